The summed E-state index contributed by atoms with van der Waals surface area (Å²) in [6.45, 7) is 3.59. The zero-order chi connectivity index (χ0) is 20.1. The molecule has 1 N–H and O–H groups in total. The van der Waals surface area contributed by atoms with Gasteiger partial charge in [-0.1, -0.05) is 0 Å². The summed E-state index contributed by atoms with van der Waals surface area (Å²) in [6, 6.07) is 9.29. The first-order valence-corrected chi connectivity index (χ1v) is 8.91. The minimum Gasteiger partial charge on any atom is -0.385 e. The number of hydrogen-bond donors (Lipinski definition) is 1. The van der Waals surface area contributed by atoms with Gasteiger partial charge >= 0.3 is 0 Å². The Morgan fingerprint density at radius 2 is 1.86 bits per heavy atom. The first-order valence-electron chi connectivity index (χ1n) is 8.91. The van der Waals surface area contributed by atoms with E-state index in [9.17, 15) is 8.78 Å². The smallest absolute Gasteiger partial charge is 0.246 e. The Bertz CT molecular complexity index is 924. The van der Waals surface area contributed by atoms with Crippen molar-refractivity contribution in [3.8, 4) is 5.69 Å². The number of hydrogen-bond acceptors (Lipinski definition) is 5. The van der Waals surface area contributed by atoms with E-state index in [2.05, 4.69) is 26.4 Å². The number of ether oxygens (including phenoxy) is 1. The molecule has 0 atom stereocenters. The average Bonchev–Trinajstić information content (AvgIpc) is 3.09. The molecule has 1 heterocycles. The molecule has 28 heavy (non-hydrogen) atoms. The second-order valence-electron chi connectivity index (χ2n) is 6.59. The number of anilines is 3. The van der Waals surface area contributed by atoms with Crippen molar-refractivity contribution in [1.82, 2.24) is 14.8 Å². The molecule has 0 aliphatic carbocycles. The third-order valence-corrected chi connectivity index (χ3v) is 4.20. The summed E-state index contributed by atoms with van der Waals surface area (Å²) in [6.07, 6.45) is 2.34. The molecule has 0 saturated heterocycles. The van der Waals surface area contributed by atoms with Crippen LogP contribution in [0.3, 0.4) is 0 Å². The molecule has 0 aliphatic rings. The van der Waals surface area contributed by atoms with Gasteiger partial charge in [0.05, 0.1) is 5.69 Å². The predicted octanol–water partition coefficient (Wildman–Crippen LogP) is 4.07. The maximum Gasteiger partial charge on any atom is 0.246 e. The van der Waals surface area contributed by atoms with Crippen LogP contribution in [0.4, 0.5) is 26.1 Å². The summed E-state index contributed by atoms with van der Waals surface area (Å²) < 4.78 is 33.3. The van der Waals surface area contributed by atoms with Gasteiger partial charge in [-0.3, -0.25) is 0 Å². The third-order valence-electron chi connectivity index (χ3n) is 4.20. The fourth-order valence-corrected chi connectivity index (χ4v) is 2.88. The van der Waals surface area contributed by atoms with Gasteiger partial charge in [0.25, 0.3) is 0 Å². The fraction of sp³-hybridized carbons (Fsp3) is 0.300. The Labute approximate surface area is 162 Å². The van der Waals surface area contributed by atoms with E-state index in [-0.39, 0.29) is 5.69 Å². The summed E-state index contributed by atoms with van der Waals surface area (Å²) in [4.78, 5) is 6.33. The number of nitrogens with zero attached hydrogens (tertiary/aromatic N) is 4. The van der Waals surface area contributed by atoms with Gasteiger partial charge in [-0.2, -0.15) is 4.98 Å². The lowest BCUT2D eigenvalue weighted by Gasteiger charge is -2.20. The minimum atomic E-state index is -0.667. The number of nitrogens with one attached hydrogen (secondary N) is 1. The van der Waals surface area contributed by atoms with E-state index in [0.29, 0.717) is 12.6 Å². The molecule has 0 bridgehead atoms. The van der Waals surface area contributed by atoms with Crippen molar-refractivity contribution in [1.29, 1.82) is 0 Å². The molecule has 148 valence electrons. The van der Waals surface area contributed by atoms with E-state index in [4.69, 9.17) is 4.74 Å². The molecule has 0 unspecified atom stereocenters. The largest absolute Gasteiger partial charge is 0.385 e. The molecule has 0 spiro atoms. The Hall–Kier alpha value is -3.00. The SMILES string of the molecule is COCCCN(C)c1cc(C)cc(Nc2ncn(-c3cc(F)cc(F)c3)n2)c1. The molecule has 0 aliphatic heterocycles. The summed E-state index contributed by atoms with van der Waals surface area (Å²) >= 11 is 0. The van der Waals surface area contributed by atoms with Crippen LogP contribution in [0.25, 0.3) is 5.69 Å². The normalized spacial score (nSPS) is 10.9. The van der Waals surface area contributed by atoms with Crippen LogP contribution in [0.1, 0.15) is 12.0 Å². The first kappa shape index (κ1) is 19.8. The van der Waals surface area contributed by atoms with Gasteiger partial charge in [-0.05, 0) is 49.2 Å². The van der Waals surface area contributed by atoms with E-state index in [0.717, 1.165) is 36.0 Å². The average molecular weight is 387 g/mol. The maximum absolute atomic E-state index is 13.4. The number of methoxy groups -OCH3 is 1. The molecular weight excluding hydrogens is 364 g/mol. The van der Waals surface area contributed by atoms with Crippen molar-refractivity contribution < 1.29 is 13.5 Å². The van der Waals surface area contributed by atoms with E-state index >= 15 is 0 Å². The summed E-state index contributed by atoms with van der Waals surface area (Å²) in [5.74, 6) is -0.997. The molecule has 1 aromatic heterocycles. The second kappa shape index (κ2) is 8.79. The summed E-state index contributed by atoms with van der Waals surface area (Å²) in [7, 11) is 3.72. The Balaban J connectivity index is 1.76. The lowest BCUT2D eigenvalue weighted by Crippen LogP contribution is -2.19. The first-order chi connectivity index (χ1) is 13.4. The van der Waals surface area contributed by atoms with Crippen LogP contribution in [0, 0.1) is 18.6 Å². The number of aryl methyl sites for hydroxylation is 1. The van der Waals surface area contributed by atoms with Crippen molar-refractivity contribution in [3.05, 3.63) is 59.9 Å². The van der Waals surface area contributed by atoms with Crippen molar-refractivity contribution in [3.63, 3.8) is 0 Å². The quantitative estimate of drug-likeness (QED) is 0.591. The van der Waals surface area contributed by atoms with Crippen molar-refractivity contribution in [2.45, 2.75) is 13.3 Å². The predicted molar refractivity (Wildman–Crippen MR) is 105 cm³/mol. The Morgan fingerprint density at radius 1 is 1.11 bits per heavy atom. The highest BCUT2D eigenvalue weighted by Gasteiger charge is 2.09. The van der Waals surface area contributed by atoms with Gasteiger partial charge in [0.2, 0.25) is 5.95 Å². The third kappa shape index (κ3) is 5.04. The van der Waals surface area contributed by atoms with Crippen LogP contribution in [-0.4, -0.2) is 42.1 Å². The molecule has 0 saturated carbocycles. The highest BCUT2D eigenvalue weighted by atomic mass is 19.1. The Morgan fingerprint density at radius 3 is 2.57 bits per heavy atom. The summed E-state index contributed by atoms with van der Waals surface area (Å²) in [5.41, 5.74) is 3.24. The lowest BCUT2D eigenvalue weighted by atomic mass is 10.1. The molecule has 0 radical (unpaired) electrons. The standard InChI is InChI=1S/C20H23F2N5O/c1-14-7-17(12-18(8-14)26(2)5-4-6-28-3)24-20-23-13-27(25-20)19-10-15(21)9-16(22)11-19/h7-13H,4-6H2,1-3H3,(H,24,25). The molecule has 3 aromatic rings. The maximum atomic E-state index is 13.4. The monoisotopic (exact) mass is 387 g/mol. The van der Waals surface area contributed by atoms with E-state index in [1.165, 1.54) is 23.1 Å². The fourth-order valence-electron chi connectivity index (χ4n) is 2.88. The lowest BCUT2D eigenvalue weighted by molar-refractivity contribution is 0.196. The van der Waals surface area contributed by atoms with Gasteiger partial charge in [-0.25, -0.2) is 13.5 Å². The van der Waals surface area contributed by atoms with Gasteiger partial charge in [0.1, 0.15) is 18.0 Å². The van der Waals surface area contributed by atoms with E-state index < -0.39 is 11.6 Å². The highest BCUT2D eigenvalue weighted by Crippen LogP contribution is 2.24. The van der Waals surface area contributed by atoms with Gasteiger partial charge in [0, 0.05) is 44.8 Å². The van der Waals surface area contributed by atoms with E-state index in [1.807, 2.05) is 26.1 Å². The van der Waals surface area contributed by atoms with Crippen molar-refractivity contribution in [2.24, 2.45) is 0 Å². The van der Waals surface area contributed by atoms with Crippen LogP contribution in [0.5, 0.6) is 0 Å². The van der Waals surface area contributed by atoms with Gasteiger partial charge < -0.3 is 15.0 Å². The van der Waals surface area contributed by atoms with Gasteiger partial charge in [-0.15, -0.1) is 5.10 Å². The van der Waals surface area contributed by atoms with Crippen LogP contribution >= 0.6 is 0 Å². The highest BCUT2D eigenvalue weighted by molar-refractivity contribution is 5.63. The zero-order valence-electron chi connectivity index (χ0n) is 16.1. The van der Waals surface area contributed by atoms with E-state index in [1.54, 1.807) is 7.11 Å². The molecule has 0 fully saturated rings. The zero-order valence-corrected chi connectivity index (χ0v) is 16.1. The van der Waals surface area contributed by atoms with Crippen LogP contribution in [0.15, 0.2) is 42.7 Å². The number of rotatable bonds is 8. The molecule has 3 rings (SSSR count). The Kier molecular flexibility index (Phi) is 6.20. The van der Waals surface area contributed by atoms with Crippen molar-refractivity contribution in [2.75, 3.05) is 37.5 Å². The van der Waals surface area contributed by atoms with Crippen LogP contribution in [-0.2, 0) is 4.74 Å². The second-order valence-corrected chi connectivity index (χ2v) is 6.59. The van der Waals surface area contributed by atoms with Crippen LogP contribution in [0.2, 0.25) is 0 Å². The molecule has 0 amide bonds. The van der Waals surface area contributed by atoms with Crippen LogP contribution < -0.4 is 10.2 Å². The topological polar surface area (TPSA) is 55.2 Å². The molecule has 8 heteroatoms. The number of halogens is 2. The number of benzene rings is 2. The summed E-state index contributed by atoms with van der Waals surface area (Å²) in [5, 5.41) is 7.40. The molecular formula is C20H23F2N5O. The van der Waals surface area contributed by atoms with Gasteiger partial charge in [0.15, 0.2) is 0 Å². The molecule has 6 nitrogen and oxygen atoms in total. The van der Waals surface area contributed by atoms with Crippen molar-refractivity contribution >= 4 is 17.3 Å². The molecule has 2 aromatic carbocycles. The minimum absolute atomic E-state index is 0.265. The number of aromatic nitrogens is 3.